The van der Waals surface area contributed by atoms with Gasteiger partial charge in [-0.05, 0) is 43.3 Å². The van der Waals surface area contributed by atoms with Crippen LogP contribution in [0.3, 0.4) is 0 Å². The van der Waals surface area contributed by atoms with Crippen LogP contribution in [-0.4, -0.2) is 30.9 Å². The predicted octanol–water partition coefficient (Wildman–Crippen LogP) is 5.43. The van der Waals surface area contributed by atoms with Crippen LogP contribution < -0.4 is 10.1 Å². The van der Waals surface area contributed by atoms with E-state index in [4.69, 9.17) is 13.9 Å². The molecule has 2 aromatic carbocycles. The summed E-state index contributed by atoms with van der Waals surface area (Å²) in [6.45, 7) is 1.63. The lowest BCUT2D eigenvalue weighted by Gasteiger charge is -2.09. The Bertz CT molecular complexity index is 1280. The number of nitrogens with one attached hydrogen (secondary N) is 1. The molecule has 0 aliphatic heterocycles. The zero-order chi connectivity index (χ0) is 23.9. The molecule has 0 saturated heterocycles. The number of carbonyl (C=O) groups excluding carboxylic acids is 3. The number of ether oxygens (including phenoxy) is 2. The third-order valence-corrected chi connectivity index (χ3v) is 5.73. The molecule has 0 aliphatic carbocycles. The molecule has 0 atom stereocenters. The Morgan fingerprint density at radius 2 is 1.68 bits per heavy atom. The molecule has 4 aromatic rings. The molecule has 2 aromatic heterocycles. The van der Waals surface area contributed by atoms with Gasteiger partial charge >= 0.3 is 5.97 Å². The molecule has 34 heavy (non-hydrogen) atoms. The summed E-state index contributed by atoms with van der Waals surface area (Å²) in [7, 11) is 0. The highest BCUT2D eigenvalue weighted by Crippen LogP contribution is 2.36. The quantitative estimate of drug-likeness (QED) is 0.256. The number of esters is 1. The van der Waals surface area contributed by atoms with Crippen LogP contribution in [0.15, 0.2) is 82.8 Å². The van der Waals surface area contributed by atoms with E-state index in [0.29, 0.717) is 33.2 Å². The van der Waals surface area contributed by atoms with Crippen molar-refractivity contribution >= 4 is 34.0 Å². The van der Waals surface area contributed by atoms with E-state index in [1.54, 1.807) is 60.8 Å². The molecule has 1 amide bonds. The molecular formula is C26H21NO6S. The van der Waals surface area contributed by atoms with Gasteiger partial charge in [-0.25, -0.2) is 4.79 Å². The molecule has 4 rings (SSSR count). The number of hydrogen-bond acceptors (Lipinski definition) is 7. The van der Waals surface area contributed by atoms with Gasteiger partial charge in [-0.2, -0.15) is 0 Å². The van der Waals surface area contributed by atoms with Gasteiger partial charge in [0, 0.05) is 22.1 Å². The second-order valence-corrected chi connectivity index (χ2v) is 7.99. The van der Waals surface area contributed by atoms with Crippen LogP contribution in [0.4, 0.5) is 5.00 Å². The molecule has 8 heteroatoms. The van der Waals surface area contributed by atoms with E-state index in [0.717, 1.165) is 0 Å². The molecule has 7 nitrogen and oxygen atoms in total. The number of amides is 1. The van der Waals surface area contributed by atoms with Crippen LogP contribution in [-0.2, 0) is 9.53 Å². The first-order valence-electron chi connectivity index (χ1n) is 10.5. The van der Waals surface area contributed by atoms with Gasteiger partial charge in [-0.3, -0.25) is 9.59 Å². The highest BCUT2D eigenvalue weighted by molar-refractivity contribution is 7.15. The molecule has 0 radical (unpaired) electrons. The largest absolute Gasteiger partial charge is 0.484 e. The van der Waals surface area contributed by atoms with Gasteiger partial charge in [0.1, 0.15) is 22.1 Å². The van der Waals surface area contributed by atoms with Gasteiger partial charge < -0.3 is 19.2 Å². The van der Waals surface area contributed by atoms with E-state index >= 15 is 0 Å². The standard InChI is InChI=1S/C26H21NO6S/c1-2-31-26(30)23-20(21-9-6-14-32-21)16-34-25(23)27-22(28)15-33-19-12-10-18(11-13-19)24(29)17-7-4-3-5-8-17/h3-14,16H,2,15H2,1H3,(H,27,28). The average Bonchev–Trinajstić information content (AvgIpc) is 3.53. The Hall–Kier alpha value is -4.17. The maximum Gasteiger partial charge on any atom is 0.341 e. The third-order valence-electron chi connectivity index (χ3n) is 4.83. The van der Waals surface area contributed by atoms with E-state index in [-0.39, 0.29) is 24.6 Å². The van der Waals surface area contributed by atoms with Gasteiger partial charge in [-0.1, -0.05) is 30.3 Å². The van der Waals surface area contributed by atoms with Crippen LogP contribution >= 0.6 is 11.3 Å². The number of ketones is 1. The number of furan rings is 1. The molecule has 0 fully saturated rings. The Labute approximate surface area is 199 Å². The van der Waals surface area contributed by atoms with Crippen LogP contribution in [0.25, 0.3) is 11.3 Å². The van der Waals surface area contributed by atoms with E-state index in [1.165, 1.54) is 17.6 Å². The zero-order valence-electron chi connectivity index (χ0n) is 18.3. The zero-order valence-corrected chi connectivity index (χ0v) is 19.1. The van der Waals surface area contributed by atoms with Crippen molar-refractivity contribution in [3.63, 3.8) is 0 Å². The summed E-state index contributed by atoms with van der Waals surface area (Å²) in [5, 5.41) is 4.79. The first-order chi connectivity index (χ1) is 16.6. The number of rotatable bonds is 9. The fourth-order valence-electron chi connectivity index (χ4n) is 3.24. The maximum absolute atomic E-state index is 12.5. The highest BCUT2D eigenvalue weighted by Gasteiger charge is 2.24. The minimum Gasteiger partial charge on any atom is -0.484 e. The Balaban J connectivity index is 1.40. The molecular weight excluding hydrogens is 454 g/mol. The van der Waals surface area contributed by atoms with E-state index < -0.39 is 11.9 Å². The van der Waals surface area contributed by atoms with Crippen LogP contribution in [0, 0.1) is 0 Å². The Morgan fingerprint density at radius 3 is 2.35 bits per heavy atom. The number of hydrogen-bond donors (Lipinski definition) is 1. The first kappa shape index (κ1) is 23.0. The van der Waals surface area contributed by atoms with Crippen LogP contribution in [0.1, 0.15) is 33.2 Å². The number of benzene rings is 2. The van der Waals surface area contributed by atoms with Gasteiger partial charge in [0.2, 0.25) is 0 Å². The SMILES string of the molecule is CCOC(=O)c1c(-c2ccco2)csc1NC(=O)COc1ccc(C(=O)c2ccccc2)cc1. The monoisotopic (exact) mass is 475 g/mol. The smallest absolute Gasteiger partial charge is 0.341 e. The summed E-state index contributed by atoms with van der Waals surface area (Å²) >= 11 is 1.20. The lowest BCUT2D eigenvalue weighted by molar-refractivity contribution is -0.118. The topological polar surface area (TPSA) is 94.8 Å². The molecule has 1 N–H and O–H groups in total. The van der Waals surface area contributed by atoms with E-state index in [9.17, 15) is 14.4 Å². The van der Waals surface area contributed by atoms with Crippen LogP contribution in [0.2, 0.25) is 0 Å². The fraction of sp³-hybridized carbons (Fsp3) is 0.115. The van der Waals surface area contributed by atoms with Crippen molar-refractivity contribution in [3.8, 4) is 17.1 Å². The van der Waals surface area contributed by atoms with Crippen molar-refractivity contribution in [1.82, 2.24) is 0 Å². The normalized spacial score (nSPS) is 10.5. The van der Waals surface area contributed by atoms with Crippen molar-refractivity contribution in [1.29, 1.82) is 0 Å². The average molecular weight is 476 g/mol. The lowest BCUT2D eigenvalue weighted by atomic mass is 10.0. The van der Waals surface area contributed by atoms with Crippen molar-refractivity contribution in [2.24, 2.45) is 0 Å². The molecule has 0 bridgehead atoms. The lowest BCUT2D eigenvalue weighted by Crippen LogP contribution is -2.21. The minimum absolute atomic E-state index is 0.0959. The molecule has 0 saturated carbocycles. The summed E-state index contributed by atoms with van der Waals surface area (Å²) in [5.41, 5.74) is 1.89. The van der Waals surface area contributed by atoms with E-state index in [1.807, 2.05) is 18.2 Å². The second-order valence-electron chi connectivity index (χ2n) is 7.11. The fourth-order valence-corrected chi connectivity index (χ4v) is 4.19. The predicted molar refractivity (Wildman–Crippen MR) is 128 cm³/mol. The summed E-state index contributed by atoms with van der Waals surface area (Å²) in [6.07, 6.45) is 1.51. The molecule has 0 aliphatic rings. The molecule has 172 valence electrons. The van der Waals surface area contributed by atoms with Crippen LogP contribution in [0.5, 0.6) is 5.75 Å². The maximum atomic E-state index is 12.5. The highest BCUT2D eigenvalue weighted by atomic mass is 32.1. The van der Waals surface area contributed by atoms with E-state index in [2.05, 4.69) is 5.32 Å². The third kappa shape index (κ3) is 5.24. The summed E-state index contributed by atoms with van der Waals surface area (Å²) < 4.78 is 16.1. The molecule has 0 spiro atoms. The summed E-state index contributed by atoms with van der Waals surface area (Å²) in [5.74, 6) is -0.150. The van der Waals surface area contributed by atoms with Gasteiger partial charge in [0.15, 0.2) is 12.4 Å². The molecule has 2 heterocycles. The van der Waals surface area contributed by atoms with Crippen molar-refractivity contribution in [2.45, 2.75) is 6.92 Å². The van der Waals surface area contributed by atoms with Crippen molar-refractivity contribution < 1.29 is 28.3 Å². The molecule has 0 unspecified atom stereocenters. The first-order valence-corrected chi connectivity index (χ1v) is 11.4. The second kappa shape index (κ2) is 10.6. The number of anilines is 1. The van der Waals surface area contributed by atoms with Gasteiger partial charge in [-0.15, -0.1) is 11.3 Å². The van der Waals surface area contributed by atoms with Crippen molar-refractivity contribution in [3.05, 3.63) is 95.1 Å². The Morgan fingerprint density at radius 1 is 0.941 bits per heavy atom. The number of thiophene rings is 1. The minimum atomic E-state index is -0.551. The Kier molecular flexibility index (Phi) is 7.19. The number of carbonyl (C=O) groups is 3. The summed E-state index contributed by atoms with van der Waals surface area (Å²) in [6, 6.07) is 19.0. The van der Waals surface area contributed by atoms with Gasteiger partial charge in [0.25, 0.3) is 5.91 Å². The van der Waals surface area contributed by atoms with Gasteiger partial charge in [0.05, 0.1) is 12.9 Å². The summed E-state index contributed by atoms with van der Waals surface area (Å²) in [4.78, 5) is 37.5. The van der Waals surface area contributed by atoms with Crippen molar-refractivity contribution in [2.75, 3.05) is 18.5 Å².